The van der Waals surface area contributed by atoms with Crippen LogP contribution in [0.3, 0.4) is 0 Å². The zero-order valence-corrected chi connectivity index (χ0v) is 22.4. The summed E-state index contributed by atoms with van der Waals surface area (Å²) in [5, 5.41) is 7.82. The lowest BCUT2D eigenvalue weighted by Gasteiger charge is -2.31. The minimum absolute atomic E-state index is 0.00745. The second-order valence-electron chi connectivity index (χ2n) is 8.06. The average molecular weight is 577 g/mol. The molecule has 1 aliphatic heterocycles. The number of fused-ring (bicyclic) bond motifs is 1. The minimum Gasteiger partial charge on any atom is -0.366 e. The monoisotopic (exact) mass is 576 g/mol. The van der Waals surface area contributed by atoms with Gasteiger partial charge < -0.3 is 5.32 Å². The Morgan fingerprint density at radius 2 is 2.03 bits per heavy atom. The van der Waals surface area contributed by atoms with Gasteiger partial charge in [0.15, 0.2) is 5.65 Å². The third-order valence-electron chi connectivity index (χ3n) is 5.76. The maximum absolute atomic E-state index is 14.2. The van der Waals surface area contributed by atoms with Crippen molar-refractivity contribution in [2.45, 2.75) is 44.0 Å². The lowest BCUT2D eigenvalue weighted by molar-refractivity contribution is 0.326. The molecule has 36 heavy (non-hydrogen) atoms. The van der Waals surface area contributed by atoms with E-state index in [4.69, 9.17) is 4.98 Å². The normalized spacial score (nSPS) is 16.9. The van der Waals surface area contributed by atoms with E-state index in [9.17, 15) is 13.0 Å². The largest absolute Gasteiger partial charge is 0.366 e. The maximum Gasteiger partial charge on any atom is 0.171 e. The van der Waals surface area contributed by atoms with Crippen LogP contribution in [0.15, 0.2) is 64.4 Å². The maximum atomic E-state index is 14.2. The van der Waals surface area contributed by atoms with Crippen LogP contribution in [0, 0.1) is 11.6 Å². The number of pyridine rings is 1. The summed E-state index contributed by atoms with van der Waals surface area (Å²) in [4.78, 5) is 8.96. The van der Waals surface area contributed by atoms with Gasteiger partial charge in [0, 0.05) is 50.1 Å². The highest BCUT2D eigenvalue weighted by Gasteiger charge is 2.29. The van der Waals surface area contributed by atoms with E-state index in [0.717, 1.165) is 46.5 Å². The van der Waals surface area contributed by atoms with Crippen LogP contribution in [0.2, 0.25) is 0 Å². The number of nitrogens with zero attached hydrogens (tertiary/aromatic N) is 5. The van der Waals surface area contributed by atoms with E-state index < -0.39 is 22.6 Å². The molecule has 3 aromatic heterocycles. The average Bonchev–Trinajstić information content (AvgIpc) is 3.29. The van der Waals surface area contributed by atoms with Gasteiger partial charge in [-0.25, -0.2) is 22.3 Å². The Bertz CT molecular complexity index is 1350. The van der Waals surface area contributed by atoms with Crippen LogP contribution in [0.1, 0.15) is 43.9 Å². The summed E-state index contributed by atoms with van der Waals surface area (Å²) in [5.41, 5.74) is 2.54. The van der Waals surface area contributed by atoms with Gasteiger partial charge in [-0.2, -0.15) is 9.61 Å². The zero-order chi connectivity index (χ0) is 25.7. The van der Waals surface area contributed by atoms with Crippen LogP contribution in [-0.2, 0) is 17.5 Å². The number of halogens is 3. The molecule has 2 atom stereocenters. The first-order valence-corrected chi connectivity index (χ1v) is 13.7. The number of aromatic nitrogens is 4. The molecule has 1 fully saturated rings. The molecule has 1 aromatic carbocycles. The van der Waals surface area contributed by atoms with Gasteiger partial charge in [0.05, 0.1) is 21.3 Å². The molecular formula is C25H27BrF2N6OS. The summed E-state index contributed by atoms with van der Waals surface area (Å²) in [6, 6.07) is 8.97. The van der Waals surface area contributed by atoms with Crippen molar-refractivity contribution in [3.05, 3.63) is 82.4 Å². The molecule has 1 aliphatic rings. The van der Waals surface area contributed by atoms with Gasteiger partial charge in [0.25, 0.3) is 0 Å². The van der Waals surface area contributed by atoms with Crippen LogP contribution >= 0.6 is 15.9 Å². The predicted octanol–water partition coefficient (Wildman–Crippen LogP) is 5.71. The van der Waals surface area contributed by atoms with Crippen LogP contribution in [0.25, 0.3) is 5.65 Å². The van der Waals surface area contributed by atoms with E-state index in [0.29, 0.717) is 25.3 Å². The van der Waals surface area contributed by atoms with E-state index in [1.807, 2.05) is 32.0 Å². The Morgan fingerprint density at radius 1 is 1.19 bits per heavy atom. The van der Waals surface area contributed by atoms with E-state index in [1.54, 1.807) is 27.4 Å². The van der Waals surface area contributed by atoms with E-state index >= 15 is 0 Å². The van der Waals surface area contributed by atoms with Crippen molar-refractivity contribution in [1.29, 1.82) is 0 Å². The molecule has 0 bridgehead atoms. The second-order valence-corrected chi connectivity index (χ2v) is 10.4. The third-order valence-corrected chi connectivity index (χ3v) is 7.83. The van der Waals surface area contributed by atoms with Crippen LogP contribution < -0.4 is 5.32 Å². The molecule has 0 amide bonds. The molecule has 0 aliphatic carbocycles. The Morgan fingerprint density at radius 3 is 2.78 bits per heavy atom. The first kappa shape index (κ1) is 26.3. The highest BCUT2D eigenvalue weighted by atomic mass is 79.9. The first-order chi connectivity index (χ1) is 17.5. The van der Waals surface area contributed by atoms with Gasteiger partial charge in [-0.15, -0.1) is 0 Å². The minimum atomic E-state index is -1.73. The Labute approximate surface area is 219 Å². The van der Waals surface area contributed by atoms with Crippen LogP contribution in [0.4, 0.5) is 14.6 Å². The van der Waals surface area contributed by atoms with Crippen molar-refractivity contribution in [1.82, 2.24) is 23.9 Å². The Hall–Kier alpha value is -2.76. The lowest BCUT2D eigenvalue weighted by atomic mass is 9.96. The molecule has 190 valence electrons. The van der Waals surface area contributed by atoms with Crippen molar-refractivity contribution in [3.63, 3.8) is 0 Å². The molecule has 2 unspecified atom stereocenters. The fourth-order valence-corrected chi connectivity index (χ4v) is 5.72. The van der Waals surface area contributed by atoms with Crippen molar-refractivity contribution < 1.29 is 13.0 Å². The topological polar surface area (TPSA) is 75.4 Å². The van der Waals surface area contributed by atoms with Gasteiger partial charge in [-0.3, -0.25) is 4.98 Å². The number of nitrogens with one attached hydrogen (secondary N) is 1. The standard InChI is InChI=1S/C23H21BrF2N6OS.C2H6/c24-18-13-29-32-22(28-12-15-3-1-7-27-11-15)10-20(30-23(18)32)16-4-2-8-31(14-16)34(33)21-6-5-17(25)9-19(21)26;1-2/h1,3,5-7,9-11,13,16,28H,2,4,8,12,14H2;1-2H3. The number of piperidine rings is 1. The molecule has 11 heteroatoms. The van der Waals surface area contributed by atoms with Crippen LogP contribution in [-0.4, -0.2) is 41.2 Å². The van der Waals surface area contributed by atoms with Crippen molar-refractivity contribution >= 4 is 38.4 Å². The number of hydrogen-bond acceptors (Lipinski definition) is 5. The molecule has 1 N–H and O–H groups in total. The van der Waals surface area contributed by atoms with E-state index in [1.165, 1.54) is 6.07 Å². The summed E-state index contributed by atoms with van der Waals surface area (Å²) in [7, 11) is -1.73. The van der Waals surface area contributed by atoms with Gasteiger partial charge in [-0.05, 0) is 52.5 Å². The number of benzene rings is 1. The number of hydrogen-bond donors (Lipinski definition) is 1. The summed E-state index contributed by atoms with van der Waals surface area (Å²) < 4.78 is 44.8. The molecule has 0 saturated carbocycles. The zero-order valence-electron chi connectivity index (χ0n) is 20.0. The molecule has 1 saturated heterocycles. The molecule has 5 rings (SSSR count). The van der Waals surface area contributed by atoms with Crippen LogP contribution in [0.5, 0.6) is 0 Å². The van der Waals surface area contributed by atoms with Crippen molar-refractivity contribution in [3.8, 4) is 0 Å². The number of rotatable bonds is 6. The Balaban J connectivity index is 0.00000148. The summed E-state index contributed by atoms with van der Waals surface area (Å²) >= 11 is 3.52. The third kappa shape index (κ3) is 5.79. The van der Waals surface area contributed by atoms with E-state index in [2.05, 4.69) is 31.3 Å². The fourth-order valence-electron chi connectivity index (χ4n) is 4.08. The summed E-state index contributed by atoms with van der Waals surface area (Å²) in [6.07, 6.45) is 6.87. The molecule has 0 spiro atoms. The lowest BCUT2D eigenvalue weighted by Crippen LogP contribution is -2.36. The molecule has 0 radical (unpaired) electrons. The molecule has 4 heterocycles. The van der Waals surface area contributed by atoms with Crippen molar-refractivity contribution in [2.24, 2.45) is 0 Å². The second kappa shape index (κ2) is 12.0. The van der Waals surface area contributed by atoms with Gasteiger partial charge in [0.1, 0.15) is 28.4 Å². The predicted molar refractivity (Wildman–Crippen MR) is 140 cm³/mol. The van der Waals surface area contributed by atoms with Gasteiger partial charge in [0.2, 0.25) is 0 Å². The highest BCUT2D eigenvalue weighted by Crippen LogP contribution is 2.31. The van der Waals surface area contributed by atoms with Gasteiger partial charge >= 0.3 is 0 Å². The molecule has 4 aromatic rings. The number of anilines is 1. The van der Waals surface area contributed by atoms with Gasteiger partial charge in [-0.1, -0.05) is 19.9 Å². The summed E-state index contributed by atoms with van der Waals surface area (Å²) in [5.74, 6) is -0.723. The fraction of sp³-hybridized carbons (Fsp3) is 0.320. The highest BCUT2D eigenvalue weighted by molar-refractivity contribution is 9.10. The Kier molecular flexibility index (Phi) is 8.76. The molecule has 7 nitrogen and oxygen atoms in total. The quantitative estimate of drug-likeness (QED) is 0.318. The molecular weight excluding hydrogens is 550 g/mol. The summed E-state index contributed by atoms with van der Waals surface area (Å²) in [6.45, 7) is 5.57. The SMILES string of the molecule is CC.O=S(c1ccc(F)cc1F)N1CCCC(c2cc(NCc3cccnc3)n3ncc(Br)c3n2)C1. The van der Waals surface area contributed by atoms with Crippen molar-refractivity contribution in [2.75, 3.05) is 18.4 Å². The van der Waals surface area contributed by atoms with E-state index in [-0.39, 0.29) is 10.8 Å². The smallest absolute Gasteiger partial charge is 0.171 e. The first-order valence-electron chi connectivity index (χ1n) is 11.8.